The molecule has 0 aliphatic carbocycles. The zero-order valence-corrected chi connectivity index (χ0v) is 15.7. The SMILES string of the molecule is CCCOc1cc(Oc2ccc(C(F)(F)F)cn2)ccc1CCC(=O)OCC. The summed E-state index contributed by atoms with van der Waals surface area (Å²) in [6.45, 7) is 4.51. The predicted molar refractivity (Wildman–Crippen MR) is 96.5 cm³/mol. The third-order valence-corrected chi connectivity index (χ3v) is 3.69. The summed E-state index contributed by atoms with van der Waals surface area (Å²) in [5.74, 6) is 0.667. The molecule has 0 atom stereocenters. The number of halogens is 3. The van der Waals surface area contributed by atoms with Crippen molar-refractivity contribution in [1.82, 2.24) is 4.98 Å². The number of esters is 1. The van der Waals surface area contributed by atoms with Crippen LogP contribution in [0.25, 0.3) is 0 Å². The van der Waals surface area contributed by atoms with Crippen molar-refractivity contribution < 1.29 is 32.2 Å². The number of carbonyl (C=O) groups excluding carboxylic acids is 1. The maximum atomic E-state index is 12.6. The van der Waals surface area contributed by atoms with Gasteiger partial charge >= 0.3 is 12.1 Å². The number of hydrogen-bond acceptors (Lipinski definition) is 5. The lowest BCUT2D eigenvalue weighted by Crippen LogP contribution is -2.07. The molecule has 1 aromatic heterocycles. The van der Waals surface area contributed by atoms with Crippen molar-refractivity contribution in [2.24, 2.45) is 0 Å². The minimum Gasteiger partial charge on any atom is -0.493 e. The average Bonchev–Trinajstić information content (AvgIpc) is 2.65. The summed E-state index contributed by atoms with van der Waals surface area (Å²) in [6.07, 6.45) is -2.28. The fourth-order valence-corrected chi connectivity index (χ4v) is 2.35. The number of hydrogen-bond donors (Lipinski definition) is 0. The lowest BCUT2D eigenvalue weighted by molar-refractivity contribution is -0.143. The van der Waals surface area contributed by atoms with Gasteiger partial charge in [-0.25, -0.2) is 4.98 Å². The zero-order valence-electron chi connectivity index (χ0n) is 15.7. The third kappa shape index (κ3) is 6.44. The molecule has 0 amide bonds. The molecule has 5 nitrogen and oxygen atoms in total. The molecule has 152 valence electrons. The van der Waals surface area contributed by atoms with E-state index < -0.39 is 11.7 Å². The first-order valence-corrected chi connectivity index (χ1v) is 8.96. The highest BCUT2D eigenvalue weighted by Crippen LogP contribution is 2.32. The molecule has 2 rings (SSSR count). The number of aromatic nitrogens is 1. The van der Waals surface area contributed by atoms with Crippen molar-refractivity contribution in [3.63, 3.8) is 0 Å². The van der Waals surface area contributed by atoms with Gasteiger partial charge in [-0.15, -0.1) is 0 Å². The van der Waals surface area contributed by atoms with E-state index in [9.17, 15) is 18.0 Å². The van der Waals surface area contributed by atoms with Crippen LogP contribution in [0.15, 0.2) is 36.5 Å². The van der Waals surface area contributed by atoms with Crippen LogP contribution in [0.4, 0.5) is 13.2 Å². The van der Waals surface area contributed by atoms with Gasteiger partial charge in [-0.05, 0) is 37.5 Å². The fourth-order valence-electron chi connectivity index (χ4n) is 2.35. The number of benzene rings is 1. The van der Waals surface area contributed by atoms with Gasteiger partial charge in [-0.2, -0.15) is 13.2 Å². The van der Waals surface area contributed by atoms with E-state index in [0.29, 0.717) is 31.1 Å². The summed E-state index contributed by atoms with van der Waals surface area (Å²) >= 11 is 0. The van der Waals surface area contributed by atoms with Gasteiger partial charge in [0.2, 0.25) is 5.88 Å². The largest absolute Gasteiger partial charge is 0.493 e. The summed E-state index contributed by atoms with van der Waals surface area (Å²) in [4.78, 5) is 15.3. The highest BCUT2D eigenvalue weighted by atomic mass is 19.4. The molecule has 8 heteroatoms. The van der Waals surface area contributed by atoms with Crippen molar-refractivity contribution in [3.05, 3.63) is 47.7 Å². The molecule has 0 aliphatic rings. The van der Waals surface area contributed by atoms with Gasteiger partial charge in [0.1, 0.15) is 11.5 Å². The van der Waals surface area contributed by atoms with Gasteiger partial charge in [0.15, 0.2) is 0 Å². The van der Waals surface area contributed by atoms with Crippen molar-refractivity contribution in [1.29, 1.82) is 0 Å². The van der Waals surface area contributed by atoms with Crippen LogP contribution in [0.1, 0.15) is 37.8 Å². The highest BCUT2D eigenvalue weighted by molar-refractivity contribution is 5.69. The summed E-state index contributed by atoms with van der Waals surface area (Å²) < 4.78 is 54.0. The number of rotatable bonds is 9. The van der Waals surface area contributed by atoms with Crippen LogP contribution in [0.5, 0.6) is 17.4 Å². The second-order valence-corrected chi connectivity index (χ2v) is 5.91. The van der Waals surface area contributed by atoms with Gasteiger partial charge < -0.3 is 14.2 Å². The second-order valence-electron chi connectivity index (χ2n) is 5.91. The Labute approximate surface area is 161 Å². The highest BCUT2D eigenvalue weighted by Gasteiger charge is 2.30. The van der Waals surface area contributed by atoms with Crippen LogP contribution in [-0.4, -0.2) is 24.2 Å². The lowest BCUT2D eigenvalue weighted by atomic mass is 10.1. The third-order valence-electron chi connectivity index (χ3n) is 3.69. The van der Waals surface area contributed by atoms with Gasteiger partial charge in [-0.1, -0.05) is 13.0 Å². The molecule has 0 radical (unpaired) electrons. The van der Waals surface area contributed by atoms with Gasteiger partial charge in [0.25, 0.3) is 0 Å². The Hall–Kier alpha value is -2.77. The van der Waals surface area contributed by atoms with Crippen LogP contribution >= 0.6 is 0 Å². The quantitative estimate of drug-likeness (QED) is 0.546. The first kappa shape index (κ1) is 21.5. The number of ether oxygens (including phenoxy) is 3. The van der Waals surface area contributed by atoms with Crippen LogP contribution in [0.2, 0.25) is 0 Å². The molecule has 0 saturated carbocycles. The minimum atomic E-state index is -4.45. The molecule has 1 heterocycles. The Morgan fingerprint density at radius 2 is 1.93 bits per heavy atom. The van der Waals surface area contributed by atoms with E-state index in [1.165, 1.54) is 0 Å². The first-order chi connectivity index (χ1) is 13.3. The van der Waals surface area contributed by atoms with Crippen molar-refractivity contribution in [2.45, 2.75) is 39.3 Å². The fraction of sp³-hybridized carbons (Fsp3) is 0.400. The van der Waals surface area contributed by atoms with E-state index in [1.807, 2.05) is 6.92 Å². The van der Waals surface area contributed by atoms with E-state index in [-0.39, 0.29) is 18.3 Å². The number of nitrogens with zero attached hydrogens (tertiary/aromatic N) is 1. The lowest BCUT2D eigenvalue weighted by Gasteiger charge is -2.13. The van der Waals surface area contributed by atoms with E-state index in [1.54, 1.807) is 25.1 Å². The van der Waals surface area contributed by atoms with Gasteiger partial charge in [-0.3, -0.25) is 4.79 Å². The number of aryl methyl sites for hydroxylation is 1. The van der Waals surface area contributed by atoms with Crippen LogP contribution in [0, 0.1) is 0 Å². The number of carbonyl (C=O) groups is 1. The molecule has 0 unspecified atom stereocenters. The van der Waals surface area contributed by atoms with Gasteiger partial charge in [0, 0.05) is 24.8 Å². The van der Waals surface area contributed by atoms with Crippen molar-refractivity contribution >= 4 is 5.97 Å². The number of alkyl halides is 3. The van der Waals surface area contributed by atoms with E-state index in [4.69, 9.17) is 14.2 Å². The Bertz CT molecular complexity index is 776. The standard InChI is InChI=1S/C20H22F3NO4/c1-3-11-27-17-12-16(8-5-14(17)6-10-19(25)26-4-2)28-18-9-7-15(13-24-18)20(21,22)23/h5,7-9,12-13H,3-4,6,10-11H2,1-2H3. The summed E-state index contributed by atoms with van der Waals surface area (Å²) in [5.41, 5.74) is -0.0321. The molecule has 0 saturated heterocycles. The second kappa shape index (κ2) is 9.96. The van der Waals surface area contributed by atoms with Crippen LogP contribution < -0.4 is 9.47 Å². The van der Waals surface area contributed by atoms with E-state index >= 15 is 0 Å². The van der Waals surface area contributed by atoms with E-state index in [0.717, 1.165) is 30.3 Å². The molecular weight excluding hydrogens is 375 g/mol. The van der Waals surface area contributed by atoms with Crippen LogP contribution in [0.3, 0.4) is 0 Å². The van der Waals surface area contributed by atoms with Crippen molar-refractivity contribution in [3.8, 4) is 17.4 Å². The Balaban J connectivity index is 2.13. The Kier molecular flexibility index (Phi) is 7.66. The molecular formula is C20H22F3NO4. The molecule has 0 N–H and O–H groups in total. The smallest absolute Gasteiger partial charge is 0.417 e. The Morgan fingerprint density at radius 3 is 2.54 bits per heavy atom. The first-order valence-electron chi connectivity index (χ1n) is 8.96. The maximum absolute atomic E-state index is 12.6. The normalized spacial score (nSPS) is 11.2. The molecule has 0 spiro atoms. The minimum absolute atomic E-state index is 0.0358. The monoisotopic (exact) mass is 397 g/mol. The maximum Gasteiger partial charge on any atom is 0.417 e. The summed E-state index contributed by atoms with van der Waals surface area (Å²) in [6, 6.07) is 7.10. The molecule has 1 aromatic carbocycles. The average molecular weight is 397 g/mol. The summed E-state index contributed by atoms with van der Waals surface area (Å²) in [5, 5.41) is 0. The molecule has 0 fully saturated rings. The molecule has 2 aromatic rings. The van der Waals surface area contributed by atoms with Crippen LogP contribution in [-0.2, 0) is 22.1 Å². The zero-order chi connectivity index (χ0) is 20.6. The van der Waals surface area contributed by atoms with Crippen molar-refractivity contribution in [2.75, 3.05) is 13.2 Å². The molecule has 0 bridgehead atoms. The predicted octanol–water partition coefficient (Wildman–Crippen LogP) is 5.18. The molecule has 28 heavy (non-hydrogen) atoms. The Morgan fingerprint density at radius 1 is 1.14 bits per heavy atom. The van der Waals surface area contributed by atoms with Gasteiger partial charge in [0.05, 0.1) is 18.8 Å². The number of pyridine rings is 1. The summed E-state index contributed by atoms with van der Waals surface area (Å²) in [7, 11) is 0. The van der Waals surface area contributed by atoms with E-state index in [2.05, 4.69) is 4.98 Å². The topological polar surface area (TPSA) is 57.7 Å². The molecule has 0 aliphatic heterocycles.